The summed E-state index contributed by atoms with van der Waals surface area (Å²) in [6, 6.07) is 10.1. The highest BCUT2D eigenvalue weighted by atomic mass is 32.1. The zero-order valence-electron chi connectivity index (χ0n) is 13.6. The number of nitrogens with zero attached hydrogens (tertiary/aromatic N) is 1. The molecule has 6 heteroatoms. The number of fused-ring (bicyclic) bond motifs is 2. The van der Waals surface area contributed by atoms with E-state index in [1.54, 1.807) is 18.4 Å². The predicted octanol–water partition coefficient (Wildman–Crippen LogP) is 2.92. The summed E-state index contributed by atoms with van der Waals surface area (Å²) in [5, 5.41) is 11.4. The van der Waals surface area contributed by atoms with Crippen LogP contribution in [-0.4, -0.2) is 23.8 Å². The van der Waals surface area contributed by atoms with Gasteiger partial charge >= 0.3 is 0 Å². The van der Waals surface area contributed by atoms with E-state index in [4.69, 9.17) is 11.1 Å². The lowest BCUT2D eigenvalue weighted by atomic mass is 9.76. The topological polar surface area (TPSA) is 82.2 Å². The molecule has 0 radical (unpaired) electrons. The molecule has 1 atom stereocenters. The van der Waals surface area contributed by atoms with Gasteiger partial charge in [-0.1, -0.05) is 12.1 Å². The van der Waals surface area contributed by atoms with Crippen molar-refractivity contribution in [2.45, 2.75) is 31.2 Å². The van der Waals surface area contributed by atoms with E-state index in [9.17, 15) is 4.79 Å². The van der Waals surface area contributed by atoms with Crippen LogP contribution in [0.5, 0.6) is 0 Å². The Kier molecular flexibility index (Phi) is 3.38. The second-order valence-electron chi connectivity index (χ2n) is 6.61. The quantitative estimate of drug-likeness (QED) is 0.698. The first-order chi connectivity index (χ1) is 11.5. The van der Waals surface area contributed by atoms with Gasteiger partial charge in [0.15, 0.2) is 5.96 Å². The first-order valence-corrected chi connectivity index (χ1v) is 8.92. The summed E-state index contributed by atoms with van der Waals surface area (Å²) in [7, 11) is 1.65. The maximum absolute atomic E-state index is 12.3. The fraction of sp³-hybridized carbons (Fsp3) is 0.333. The lowest BCUT2D eigenvalue weighted by Gasteiger charge is -2.44. The van der Waals surface area contributed by atoms with E-state index < -0.39 is 5.54 Å². The summed E-state index contributed by atoms with van der Waals surface area (Å²) in [4.78, 5) is 16.2. The molecule has 4 N–H and O–H groups in total. The van der Waals surface area contributed by atoms with Gasteiger partial charge in [0.25, 0.3) is 0 Å². The summed E-state index contributed by atoms with van der Waals surface area (Å²) in [5.74, 6) is 0.194. The Morgan fingerprint density at radius 2 is 2.21 bits per heavy atom. The molecule has 5 nitrogen and oxygen atoms in total. The maximum atomic E-state index is 12.3. The summed E-state index contributed by atoms with van der Waals surface area (Å²) in [6.07, 6.45) is 3.35. The number of rotatable bonds is 1. The number of hydrogen-bond acceptors (Lipinski definition) is 4. The van der Waals surface area contributed by atoms with Gasteiger partial charge in [-0.15, -0.1) is 11.3 Å². The van der Waals surface area contributed by atoms with Crippen molar-refractivity contribution in [1.82, 2.24) is 10.2 Å². The van der Waals surface area contributed by atoms with Crippen LogP contribution in [0.25, 0.3) is 10.4 Å². The van der Waals surface area contributed by atoms with Crippen molar-refractivity contribution in [3.05, 3.63) is 40.8 Å². The van der Waals surface area contributed by atoms with E-state index in [0.29, 0.717) is 6.42 Å². The van der Waals surface area contributed by atoms with E-state index in [0.717, 1.165) is 30.5 Å². The number of carbonyl (C=O) groups is 1. The van der Waals surface area contributed by atoms with E-state index >= 15 is 0 Å². The summed E-state index contributed by atoms with van der Waals surface area (Å²) >= 11 is 1.78. The van der Waals surface area contributed by atoms with Crippen molar-refractivity contribution in [2.24, 2.45) is 0 Å². The Morgan fingerprint density at radius 3 is 2.96 bits per heavy atom. The highest BCUT2D eigenvalue weighted by Gasteiger charge is 2.45. The van der Waals surface area contributed by atoms with Crippen LogP contribution in [0.2, 0.25) is 0 Å². The van der Waals surface area contributed by atoms with E-state index in [1.165, 1.54) is 20.2 Å². The van der Waals surface area contributed by atoms with Gasteiger partial charge < -0.3 is 11.1 Å². The van der Waals surface area contributed by atoms with Gasteiger partial charge in [0.2, 0.25) is 5.91 Å². The Morgan fingerprint density at radius 1 is 1.38 bits per heavy atom. The zero-order chi connectivity index (χ0) is 16.9. The molecule has 1 spiro atoms. The minimum Gasteiger partial charge on any atom is -0.399 e. The molecule has 1 saturated heterocycles. The highest BCUT2D eigenvalue weighted by molar-refractivity contribution is 7.15. The van der Waals surface area contributed by atoms with Crippen LogP contribution in [0, 0.1) is 5.41 Å². The minimum atomic E-state index is -0.427. The van der Waals surface area contributed by atoms with Gasteiger partial charge in [0, 0.05) is 22.5 Å². The standard InChI is InChI=1S/C18H20N4OS/c1-22-16(23)10-18(21-17(22)20)7-3-6-14-13(18)9-15(24-14)11-4-2-5-12(19)8-11/h2,4-5,8-9H,3,6-7,10,19H2,1H3,(H2,20,21)/t18-/m0/s1. The molecular formula is C18H20N4OS. The predicted molar refractivity (Wildman–Crippen MR) is 97.0 cm³/mol. The fourth-order valence-corrected chi connectivity index (χ4v) is 5.01. The Bertz CT molecular complexity index is 823. The first-order valence-electron chi connectivity index (χ1n) is 8.11. The molecule has 0 bridgehead atoms. The van der Waals surface area contributed by atoms with Crippen molar-refractivity contribution < 1.29 is 4.79 Å². The van der Waals surface area contributed by atoms with Crippen LogP contribution in [-0.2, 0) is 16.8 Å². The summed E-state index contributed by atoms with van der Waals surface area (Å²) < 4.78 is 0. The average Bonchev–Trinajstić information content (AvgIpc) is 2.99. The third kappa shape index (κ3) is 2.29. The van der Waals surface area contributed by atoms with Gasteiger partial charge in [-0.25, -0.2) is 0 Å². The molecule has 1 aliphatic carbocycles. The van der Waals surface area contributed by atoms with Crippen molar-refractivity contribution in [2.75, 3.05) is 12.8 Å². The molecule has 4 rings (SSSR count). The van der Waals surface area contributed by atoms with Crippen LogP contribution in [0.4, 0.5) is 5.69 Å². The van der Waals surface area contributed by atoms with Crippen LogP contribution in [0.3, 0.4) is 0 Å². The van der Waals surface area contributed by atoms with Gasteiger partial charge in [-0.3, -0.25) is 15.1 Å². The largest absolute Gasteiger partial charge is 0.399 e. The van der Waals surface area contributed by atoms with Gasteiger partial charge in [-0.05, 0) is 48.6 Å². The maximum Gasteiger partial charge on any atom is 0.231 e. The SMILES string of the molecule is CN1C(=N)N[C@@]2(CCCc3sc(-c4cccc(N)c4)cc32)CC1=O. The van der Waals surface area contributed by atoms with Crippen LogP contribution in [0.1, 0.15) is 29.7 Å². The van der Waals surface area contributed by atoms with E-state index in [-0.39, 0.29) is 11.9 Å². The number of nitrogen functional groups attached to an aromatic ring is 1. The van der Waals surface area contributed by atoms with Crippen molar-refractivity contribution in [3.8, 4) is 10.4 Å². The molecule has 0 saturated carbocycles. The number of anilines is 1. The molecule has 24 heavy (non-hydrogen) atoms. The van der Waals surface area contributed by atoms with E-state index in [1.807, 2.05) is 18.2 Å². The normalized spacial score (nSPS) is 23.3. The highest BCUT2D eigenvalue weighted by Crippen LogP contribution is 2.46. The molecule has 1 aromatic heterocycles. The molecule has 1 amide bonds. The Hall–Kier alpha value is -2.34. The molecule has 0 unspecified atom stereocenters. The average molecular weight is 340 g/mol. The Labute approximate surface area is 145 Å². The molecule has 1 aromatic carbocycles. The molecule has 124 valence electrons. The number of nitrogens with one attached hydrogen (secondary N) is 2. The van der Waals surface area contributed by atoms with Gasteiger partial charge in [0.05, 0.1) is 12.0 Å². The van der Waals surface area contributed by atoms with Crippen molar-refractivity contribution in [1.29, 1.82) is 5.41 Å². The molecule has 1 fully saturated rings. The zero-order valence-corrected chi connectivity index (χ0v) is 14.4. The number of nitrogens with two attached hydrogens (primary N) is 1. The number of benzene rings is 1. The second-order valence-corrected chi connectivity index (χ2v) is 7.75. The van der Waals surface area contributed by atoms with Gasteiger partial charge in [-0.2, -0.15) is 0 Å². The molecule has 2 aromatic rings. The van der Waals surface area contributed by atoms with Crippen molar-refractivity contribution in [3.63, 3.8) is 0 Å². The van der Waals surface area contributed by atoms with Crippen LogP contribution >= 0.6 is 11.3 Å². The molecular weight excluding hydrogens is 320 g/mol. The summed E-state index contributed by atoms with van der Waals surface area (Å²) in [6.45, 7) is 0. The number of carbonyl (C=O) groups excluding carboxylic acids is 1. The monoisotopic (exact) mass is 340 g/mol. The lowest BCUT2D eigenvalue weighted by Crippen LogP contribution is -2.60. The second kappa shape index (κ2) is 5.34. The number of guanidine groups is 1. The Balaban J connectivity index is 1.79. The third-order valence-electron chi connectivity index (χ3n) is 5.02. The smallest absolute Gasteiger partial charge is 0.231 e. The van der Waals surface area contributed by atoms with E-state index in [2.05, 4.69) is 17.4 Å². The number of hydrogen-bond donors (Lipinski definition) is 3. The number of thiophene rings is 1. The van der Waals surface area contributed by atoms with Crippen molar-refractivity contribution >= 4 is 28.9 Å². The molecule has 2 heterocycles. The van der Waals surface area contributed by atoms with Crippen LogP contribution in [0.15, 0.2) is 30.3 Å². The molecule has 2 aliphatic rings. The third-order valence-corrected chi connectivity index (χ3v) is 6.27. The fourth-order valence-electron chi connectivity index (χ4n) is 3.71. The lowest BCUT2D eigenvalue weighted by molar-refractivity contribution is -0.129. The number of amides is 1. The summed E-state index contributed by atoms with van der Waals surface area (Å²) in [5.41, 5.74) is 8.54. The minimum absolute atomic E-state index is 0.00306. The van der Waals surface area contributed by atoms with Crippen LogP contribution < -0.4 is 11.1 Å². The number of aryl methyl sites for hydroxylation is 1. The first kappa shape index (κ1) is 15.2. The molecule has 1 aliphatic heterocycles. The van der Waals surface area contributed by atoms with Gasteiger partial charge in [0.1, 0.15) is 0 Å².